The van der Waals surface area contributed by atoms with E-state index in [2.05, 4.69) is 19.1 Å². The first-order valence-corrected chi connectivity index (χ1v) is 9.82. The van der Waals surface area contributed by atoms with Crippen molar-refractivity contribution in [1.29, 1.82) is 0 Å². The van der Waals surface area contributed by atoms with Crippen molar-refractivity contribution < 1.29 is 9.94 Å². The largest absolute Gasteiger partial charge is 0.390 e. The number of aliphatic hydroxyl groups is 1. The number of aliphatic hydroxyl groups excluding tert-OH is 1. The van der Waals surface area contributed by atoms with Gasteiger partial charge < -0.3 is 5.11 Å². The molecule has 1 aromatic rings. The van der Waals surface area contributed by atoms with E-state index in [4.69, 9.17) is 4.84 Å². The Morgan fingerprint density at radius 2 is 1.75 bits per heavy atom. The molecular formula is C21H35NO2. The molecule has 0 aliphatic carbocycles. The van der Waals surface area contributed by atoms with Gasteiger partial charge in [-0.1, -0.05) is 82.2 Å². The number of nitrogens with zero attached hydrogens (tertiary/aromatic N) is 1. The predicted octanol–water partition coefficient (Wildman–Crippen LogP) is 4.74. The highest BCUT2D eigenvalue weighted by atomic mass is 16.7. The first-order chi connectivity index (χ1) is 11.7. The standard InChI is InChI=1S/C21H35NO2/c1-3-4-5-6-7-8-12-15-19-17-21(24-22(19)2)20(23)16-18-13-10-9-11-14-18/h9-11,13-14,19-21,23H,3-8,12,15-17H2,1-2H3/t19-,20-,21+/m1/s1. The normalized spacial score (nSPS) is 22.8. The highest BCUT2D eigenvalue weighted by Crippen LogP contribution is 2.27. The minimum absolute atomic E-state index is 0.0650. The molecule has 3 nitrogen and oxygen atoms in total. The molecule has 1 heterocycles. The van der Waals surface area contributed by atoms with E-state index in [1.54, 1.807) is 0 Å². The summed E-state index contributed by atoms with van der Waals surface area (Å²) in [5, 5.41) is 12.5. The van der Waals surface area contributed by atoms with Gasteiger partial charge in [-0.3, -0.25) is 4.84 Å². The summed E-state index contributed by atoms with van der Waals surface area (Å²) in [5.74, 6) is 0. The van der Waals surface area contributed by atoms with Crippen molar-refractivity contribution >= 4 is 0 Å². The van der Waals surface area contributed by atoms with Crippen molar-refractivity contribution in [3.8, 4) is 0 Å². The van der Waals surface area contributed by atoms with Crippen LogP contribution in [-0.2, 0) is 11.3 Å². The summed E-state index contributed by atoms with van der Waals surface area (Å²) in [6.07, 6.45) is 11.7. The summed E-state index contributed by atoms with van der Waals surface area (Å²) >= 11 is 0. The average molecular weight is 334 g/mol. The van der Waals surface area contributed by atoms with Gasteiger partial charge in [0, 0.05) is 19.5 Å². The monoisotopic (exact) mass is 333 g/mol. The molecule has 0 bridgehead atoms. The van der Waals surface area contributed by atoms with E-state index in [0.717, 1.165) is 6.42 Å². The molecule has 0 aromatic heterocycles. The van der Waals surface area contributed by atoms with Crippen LogP contribution in [0.5, 0.6) is 0 Å². The Morgan fingerprint density at radius 3 is 2.46 bits per heavy atom. The molecule has 0 unspecified atom stereocenters. The van der Waals surface area contributed by atoms with Crippen LogP contribution in [0.3, 0.4) is 0 Å². The first-order valence-electron chi connectivity index (χ1n) is 9.82. The molecule has 3 heteroatoms. The molecule has 0 spiro atoms. The second-order valence-electron chi connectivity index (χ2n) is 7.25. The maximum atomic E-state index is 10.5. The number of hydrogen-bond acceptors (Lipinski definition) is 3. The average Bonchev–Trinajstić information content (AvgIpc) is 2.96. The topological polar surface area (TPSA) is 32.7 Å². The van der Waals surface area contributed by atoms with Crippen LogP contribution in [0.2, 0.25) is 0 Å². The Bertz CT molecular complexity index is 437. The third kappa shape index (κ3) is 6.54. The van der Waals surface area contributed by atoms with E-state index in [1.807, 2.05) is 30.3 Å². The fraction of sp³-hybridized carbons (Fsp3) is 0.714. The highest BCUT2D eigenvalue weighted by molar-refractivity contribution is 5.15. The third-order valence-electron chi connectivity index (χ3n) is 5.18. The van der Waals surface area contributed by atoms with E-state index in [0.29, 0.717) is 12.5 Å². The van der Waals surface area contributed by atoms with Crippen molar-refractivity contribution in [2.24, 2.45) is 0 Å². The maximum absolute atomic E-state index is 10.5. The Labute approximate surface area is 148 Å². The Balaban J connectivity index is 1.64. The first kappa shape index (κ1) is 19.4. The van der Waals surface area contributed by atoms with E-state index in [-0.39, 0.29) is 6.10 Å². The summed E-state index contributed by atoms with van der Waals surface area (Å²) in [6, 6.07) is 10.6. The summed E-state index contributed by atoms with van der Waals surface area (Å²) in [4.78, 5) is 5.90. The molecule has 136 valence electrons. The summed E-state index contributed by atoms with van der Waals surface area (Å²) in [7, 11) is 2.02. The van der Waals surface area contributed by atoms with Crippen LogP contribution in [0.1, 0.15) is 70.3 Å². The number of hydroxylamine groups is 2. The van der Waals surface area contributed by atoms with Gasteiger partial charge in [0.2, 0.25) is 0 Å². The Kier molecular flexibility index (Phi) is 8.79. The number of benzene rings is 1. The molecule has 2 rings (SSSR count). The lowest BCUT2D eigenvalue weighted by Crippen LogP contribution is -2.28. The fourth-order valence-corrected chi connectivity index (χ4v) is 3.61. The fourth-order valence-electron chi connectivity index (χ4n) is 3.61. The summed E-state index contributed by atoms with van der Waals surface area (Å²) < 4.78 is 0. The molecule has 1 aromatic carbocycles. The lowest BCUT2D eigenvalue weighted by molar-refractivity contribution is -0.169. The van der Waals surface area contributed by atoms with Crippen LogP contribution in [0.15, 0.2) is 30.3 Å². The van der Waals surface area contributed by atoms with E-state index in [1.165, 1.54) is 56.9 Å². The SMILES string of the molecule is CCCCCCCCC[C@@H]1C[C@@H]([C@H](O)Cc2ccccc2)ON1C. The molecule has 1 fully saturated rings. The van der Waals surface area contributed by atoms with Crippen molar-refractivity contribution in [1.82, 2.24) is 5.06 Å². The van der Waals surface area contributed by atoms with Gasteiger partial charge in [-0.2, -0.15) is 5.06 Å². The molecule has 3 atom stereocenters. The number of hydrogen-bond donors (Lipinski definition) is 1. The second kappa shape index (κ2) is 10.9. The molecule has 1 aliphatic heterocycles. The smallest absolute Gasteiger partial charge is 0.107 e. The van der Waals surface area contributed by atoms with Crippen LogP contribution in [0.25, 0.3) is 0 Å². The van der Waals surface area contributed by atoms with Crippen LogP contribution in [0, 0.1) is 0 Å². The van der Waals surface area contributed by atoms with Crippen LogP contribution in [0.4, 0.5) is 0 Å². The summed E-state index contributed by atoms with van der Waals surface area (Å²) in [6.45, 7) is 2.26. The van der Waals surface area contributed by atoms with E-state index < -0.39 is 6.10 Å². The van der Waals surface area contributed by atoms with Gasteiger partial charge in [-0.15, -0.1) is 0 Å². The predicted molar refractivity (Wildman–Crippen MR) is 99.8 cm³/mol. The Hall–Kier alpha value is -0.900. The molecule has 0 amide bonds. The van der Waals surface area contributed by atoms with E-state index >= 15 is 0 Å². The van der Waals surface area contributed by atoms with Crippen LogP contribution in [-0.4, -0.2) is 35.5 Å². The zero-order valence-electron chi connectivity index (χ0n) is 15.5. The van der Waals surface area contributed by atoms with Crippen molar-refractivity contribution in [3.05, 3.63) is 35.9 Å². The van der Waals surface area contributed by atoms with E-state index in [9.17, 15) is 5.11 Å². The lowest BCUT2D eigenvalue weighted by atomic mass is 9.97. The molecule has 1 aliphatic rings. The van der Waals surface area contributed by atoms with Crippen molar-refractivity contribution in [2.45, 2.75) is 89.4 Å². The van der Waals surface area contributed by atoms with Crippen molar-refractivity contribution in [3.63, 3.8) is 0 Å². The third-order valence-corrected chi connectivity index (χ3v) is 5.18. The summed E-state index contributed by atoms with van der Waals surface area (Å²) in [5.41, 5.74) is 1.17. The quantitative estimate of drug-likeness (QED) is 0.594. The number of rotatable bonds is 11. The minimum Gasteiger partial charge on any atom is -0.390 e. The zero-order chi connectivity index (χ0) is 17.2. The van der Waals surface area contributed by atoms with Crippen LogP contribution < -0.4 is 0 Å². The lowest BCUT2D eigenvalue weighted by Gasteiger charge is -2.18. The molecule has 0 radical (unpaired) electrons. The van der Waals surface area contributed by atoms with Gasteiger partial charge >= 0.3 is 0 Å². The maximum Gasteiger partial charge on any atom is 0.107 e. The molecular weight excluding hydrogens is 298 g/mol. The van der Waals surface area contributed by atoms with Crippen LogP contribution >= 0.6 is 0 Å². The second-order valence-corrected chi connectivity index (χ2v) is 7.25. The zero-order valence-corrected chi connectivity index (χ0v) is 15.5. The number of unbranched alkanes of at least 4 members (excludes halogenated alkanes) is 6. The van der Waals surface area contributed by atoms with Crippen molar-refractivity contribution in [2.75, 3.05) is 7.05 Å². The molecule has 24 heavy (non-hydrogen) atoms. The minimum atomic E-state index is -0.422. The molecule has 0 saturated carbocycles. The molecule has 1 N–H and O–H groups in total. The van der Waals surface area contributed by atoms with Gasteiger partial charge in [0.25, 0.3) is 0 Å². The van der Waals surface area contributed by atoms with Gasteiger partial charge in [-0.05, 0) is 18.4 Å². The molecule has 1 saturated heterocycles. The van der Waals surface area contributed by atoms with Gasteiger partial charge in [0.1, 0.15) is 6.10 Å². The highest BCUT2D eigenvalue weighted by Gasteiger charge is 2.34. The van der Waals surface area contributed by atoms with Gasteiger partial charge in [0.15, 0.2) is 0 Å². The van der Waals surface area contributed by atoms with Gasteiger partial charge in [-0.25, -0.2) is 0 Å². The Morgan fingerprint density at radius 1 is 1.08 bits per heavy atom. The van der Waals surface area contributed by atoms with Gasteiger partial charge in [0.05, 0.1) is 6.10 Å².